The first kappa shape index (κ1) is 75.7. The van der Waals surface area contributed by atoms with E-state index in [4.69, 9.17) is 96.6 Å². The minimum atomic E-state index is -5.08. The second-order valence-electron chi connectivity index (χ2n) is 25.9. The van der Waals surface area contributed by atoms with E-state index in [1.54, 1.807) is 0 Å². The maximum Gasteiger partial charge on any atom is 0.490 e. The number of phenols is 3. The summed E-state index contributed by atoms with van der Waals surface area (Å²) in [5, 5.41) is 142. The molecule has 0 aromatic heterocycles. The molecule has 5 aromatic carbocycles. The van der Waals surface area contributed by atoms with Crippen molar-refractivity contribution < 1.29 is 178 Å². The van der Waals surface area contributed by atoms with Gasteiger partial charge in [0, 0.05) is 47.1 Å². The molecule has 7 aliphatic rings. The molecule has 0 saturated carbocycles. The molecule has 7 aliphatic heterocycles. The van der Waals surface area contributed by atoms with Crippen molar-refractivity contribution in [2.45, 2.75) is 168 Å². The van der Waals surface area contributed by atoms with Crippen LogP contribution in [0.5, 0.6) is 46.0 Å². The van der Waals surface area contributed by atoms with Crippen LogP contribution in [-0.4, -0.2) is 225 Å². The SMILES string of the molecule is O=C(O)C(F)(F)F.O=C(O)C(F)(F)F.[2H]C([2H])([2H])C([2H])(C([2H])([2H])[2H])C([2H])([2H])[C@]([2H])(NC)C(=O)N[C@H]1C(=O)N[C@@H](CC(N)=O)C(=O)N[C@H]2C(=O)N[C@H]3C(=O)N[C@H](C(=O)N[C@H](C(=O)O)c4cc(O)cc(O)c4-c4cc3ccc4O)[C@H](O)c3ccc(c(Cl)c3)Oc3cc2cc(c3O[C@@H]2O[C@H](CO)[C@@H](O)[C@H](O)[C@H]2O[C@H]2C[C@](C)(N)[C@H](O)[C@H](C)O2)Oc2ccc(cc2Cl)[C@H]1O. The molecule has 626 valence electrons. The number of phenolic OH excluding ortho intramolecular Hbond substituents is 3. The Morgan fingerprint density at radius 1 is 0.704 bits per heavy atom. The van der Waals surface area contributed by atoms with Crippen LogP contribution in [0.15, 0.2) is 78.9 Å². The fraction of sp³-hybridized carbons (Fsp3) is 0.429. The number of carboxylic acids is 3. The number of hydrogen-bond donors (Lipinski definition) is 21. The topological polar surface area (TPSA) is 605 Å². The molecule has 2 fully saturated rings. The average molecular weight is 1690 g/mol. The fourth-order valence-corrected chi connectivity index (χ4v) is 12.4. The molecule has 37 nitrogen and oxygen atoms in total. The Morgan fingerprint density at radius 3 is 1.77 bits per heavy atom. The number of ether oxygens (including phenoxy) is 6. The van der Waals surface area contributed by atoms with Crippen molar-refractivity contribution in [3.63, 3.8) is 0 Å². The third-order valence-corrected chi connectivity index (χ3v) is 18.2. The van der Waals surface area contributed by atoms with Gasteiger partial charge in [-0.2, -0.15) is 26.3 Å². The van der Waals surface area contributed by atoms with Crippen LogP contribution in [0, 0.1) is 5.89 Å². The van der Waals surface area contributed by atoms with Gasteiger partial charge in [0.2, 0.25) is 53.4 Å². The highest BCUT2D eigenvalue weighted by Crippen LogP contribution is 2.50. The number of aliphatic carboxylic acids is 3. The van der Waals surface area contributed by atoms with E-state index in [1.807, 2.05) is 10.6 Å². The van der Waals surface area contributed by atoms with E-state index in [9.17, 15) is 96.6 Å². The van der Waals surface area contributed by atoms with E-state index >= 15 is 19.2 Å². The van der Waals surface area contributed by atoms with Crippen LogP contribution in [0.4, 0.5) is 26.3 Å². The monoisotopic (exact) mass is 1690 g/mol. The van der Waals surface area contributed by atoms with Gasteiger partial charge in [-0.1, -0.05) is 55.1 Å². The summed E-state index contributed by atoms with van der Waals surface area (Å²) in [6.07, 6.45) is -35.0. The van der Waals surface area contributed by atoms with E-state index in [2.05, 4.69) is 26.6 Å². The lowest BCUT2D eigenvalue weighted by molar-refractivity contribution is -0.333. The molecule has 5 aromatic rings. The smallest absolute Gasteiger partial charge is 0.490 e. The Labute approximate surface area is 668 Å². The summed E-state index contributed by atoms with van der Waals surface area (Å²) in [5.74, 6) is -29.4. The normalized spacial score (nSPS) is 29.2. The molecular weight excluding hydrogens is 1600 g/mol. The van der Waals surface area contributed by atoms with Gasteiger partial charge in [-0.15, -0.1) is 0 Å². The summed E-state index contributed by atoms with van der Waals surface area (Å²) in [6.45, 7) is -6.52. The maximum absolute atomic E-state index is 16.1. The number of benzene rings is 5. The van der Waals surface area contributed by atoms with E-state index in [1.165, 1.54) is 13.8 Å². The zero-order chi connectivity index (χ0) is 94.3. The number of nitrogens with two attached hydrogens (primary N) is 2. The lowest BCUT2D eigenvalue weighted by atomic mass is 9.86. The minimum Gasteiger partial charge on any atom is -0.508 e. The van der Waals surface area contributed by atoms with Crippen LogP contribution in [0.25, 0.3) is 11.1 Å². The van der Waals surface area contributed by atoms with Crippen molar-refractivity contribution in [1.29, 1.82) is 0 Å². The van der Waals surface area contributed by atoms with E-state index in [-0.39, 0.29) is 12.0 Å². The molecule has 0 aliphatic carbocycles. The first-order chi connectivity index (χ1) is 57.5. The number of aliphatic hydroxyl groups excluding tert-OH is 6. The molecule has 23 N–H and O–H groups in total. The van der Waals surface area contributed by atoms with Gasteiger partial charge < -0.3 is 138 Å². The van der Waals surface area contributed by atoms with Crippen LogP contribution < -0.4 is 62.9 Å². The molecule has 0 unspecified atom stereocenters. The van der Waals surface area contributed by atoms with Gasteiger partial charge in [0.15, 0.2) is 29.9 Å². The summed E-state index contributed by atoms with van der Waals surface area (Å²) >= 11 is 14.0. The number of likely N-dealkylation sites (N-methyl/N-ethyl adjacent to an activating group) is 1. The summed E-state index contributed by atoms with van der Waals surface area (Å²) in [7, 11) is 0.664. The first-order valence-electron chi connectivity index (χ1n) is 38.1. The number of carbonyl (C=O) groups excluding carboxylic acids is 7. The van der Waals surface area contributed by atoms with E-state index in [0.29, 0.717) is 13.1 Å². The Bertz CT molecular complexity index is 4980. The number of primary amides is 1. The number of aliphatic hydroxyl groups is 6. The summed E-state index contributed by atoms with van der Waals surface area (Å²) in [4.78, 5) is 136. The number of rotatable bonds is 13. The standard InChI is InChI=1S/C66H75Cl2N9O24.2C2HF3O2/c1-23(2)12-34(71-5)58(88)76-49-51(83)26-7-10-38(32(67)14-26)97-40-16-28-17-41(55(40)101-65-56(54(86)53(85)42(22-78)99-65)100-44-21-66(4,70)57(87)24(3)96-44)98-39-11-8-27(15-33(39)68)52(84)50-63(93)75-48(64(94)95)31-18-29(79)19-37(81)45(31)30-13-25(6-9-36(30)80)46(60(90)77-50)74-61(91)47(28)73-59(89)35(20-43(69)82)72-62(49)92;2*3-2(4,5)1(6)7/h6-11,13-19,23-24,34-35,42,44,46-54,56-57,65,71,78-81,83-87H,12,20-22,70H2,1-5H3,(H2,69,82)(H,72,92)(H,73,89)(H,74,91)(H,75,93)(H,76,88)(H,77,90)(H,94,95);2*(H,6,7)/t24-,34-,35-,42+,44-,46+,47+,48-,49+,50-,51+,52+,53+,54-,56+,57+,65-,66-;;/m0../s1/i1D3,2D3,12D2,23D,34D;;. The number of amides is 7. The number of hydrogen-bond acceptors (Lipinski definition) is 27. The van der Waals surface area contributed by atoms with Crippen LogP contribution in [0.3, 0.4) is 0 Å². The second kappa shape index (κ2) is 36.4. The minimum absolute atomic E-state index is 0.318. The Kier molecular flexibility index (Phi) is 24.0. The van der Waals surface area contributed by atoms with Gasteiger partial charge in [0.05, 0.1) is 42.7 Å². The number of halogens is 8. The van der Waals surface area contributed by atoms with E-state index in [0.717, 1.165) is 72.8 Å². The molecule has 0 radical (unpaired) electrons. The number of aromatic hydroxyl groups is 3. The highest BCUT2D eigenvalue weighted by Gasteiger charge is 2.52. The predicted octanol–water partition coefficient (Wildman–Crippen LogP) is 1.37. The van der Waals surface area contributed by atoms with Gasteiger partial charge in [-0.25, -0.2) is 14.4 Å². The molecule has 0 spiro atoms. The van der Waals surface area contributed by atoms with Crippen molar-refractivity contribution in [2.75, 3.05) is 13.7 Å². The quantitative estimate of drug-likeness (QED) is 0.0740. The average Bonchev–Trinajstić information content (AvgIpc) is 0.702. The van der Waals surface area contributed by atoms with Gasteiger partial charge >= 0.3 is 30.3 Å². The highest BCUT2D eigenvalue weighted by atomic mass is 35.5. The second-order valence-corrected chi connectivity index (χ2v) is 26.8. The fourth-order valence-electron chi connectivity index (χ4n) is 12.0. The van der Waals surface area contributed by atoms with Crippen molar-refractivity contribution >= 4 is 82.5 Å². The van der Waals surface area contributed by atoms with Crippen LogP contribution in [0.2, 0.25) is 10.0 Å². The van der Waals surface area contributed by atoms with Crippen LogP contribution >= 0.6 is 23.2 Å². The van der Waals surface area contributed by atoms with Gasteiger partial charge in [-0.3, -0.25) is 33.6 Å². The summed E-state index contributed by atoms with van der Waals surface area (Å²) < 4.78 is 185. The molecular formula is C70H77Cl2F6N9O28. The Hall–Kier alpha value is -10.7. The largest absolute Gasteiger partial charge is 0.508 e. The van der Waals surface area contributed by atoms with Crippen molar-refractivity contribution in [3.8, 4) is 57.1 Å². The zero-order valence-corrected chi connectivity index (χ0v) is 60.5. The molecule has 7 amide bonds. The van der Waals surface area contributed by atoms with Crippen molar-refractivity contribution in [2.24, 2.45) is 17.4 Å². The number of fused-ring (bicyclic) bond motifs is 15. The molecule has 18 atom stereocenters. The maximum atomic E-state index is 16.1. The predicted molar refractivity (Wildman–Crippen MR) is 377 cm³/mol. The molecule has 115 heavy (non-hydrogen) atoms. The molecule has 12 rings (SSSR count). The lowest BCUT2D eigenvalue weighted by Crippen LogP contribution is -2.64. The summed E-state index contributed by atoms with van der Waals surface area (Å²) in [5.41, 5.74) is 6.92. The number of nitrogens with one attached hydrogen (secondary N) is 7. The molecule has 45 heteroatoms. The van der Waals surface area contributed by atoms with Gasteiger partial charge in [0.1, 0.15) is 89.5 Å². The van der Waals surface area contributed by atoms with Crippen molar-refractivity contribution in [1.82, 2.24) is 37.2 Å². The molecule has 11 bridgehead atoms. The molecule has 7 heterocycles. The van der Waals surface area contributed by atoms with Crippen LogP contribution in [-0.2, 0) is 62.2 Å². The first-order valence-corrected chi connectivity index (χ1v) is 33.8. The lowest BCUT2D eigenvalue weighted by Gasteiger charge is -2.47. The number of carboxylic acid groups (broad SMARTS) is 3. The Morgan fingerprint density at radius 2 is 1.25 bits per heavy atom. The van der Waals surface area contributed by atoms with Crippen LogP contribution in [0.1, 0.15) is 119 Å². The Balaban J connectivity index is 0.00000127. The number of alkyl halides is 6. The number of carbonyl (C=O) groups is 10. The zero-order valence-electron chi connectivity index (χ0n) is 68.9. The third kappa shape index (κ3) is 21.3. The van der Waals surface area contributed by atoms with Crippen molar-refractivity contribution in [3.05, 3.63) is 117 Å². The molecule has 2 saturated heterocycles. The van der Waals surface area contributed by atoms with Gasteiger partial charge in [0.25, 0.3) is 0 Å². The highest BCUT2D eigenvalue weighted by molar-refractivity contribution is 6.32. The summed E-state index contributed by atoms with van der Waals surface area (Å²) in [6, 6.07) is -6.85. The van der Waals surface area contributed by atoms with E-state index < -0.39 is 309 Å². The van der Waals surface area contributed by atoms with Gasteiger partial charge in [-0.05, 0) is 110 Å². The third-order valence-electron chi connectivity index (χ3n) is 17.6.